The van der Waals surface area contributed by atoms with E-state index in [0.717, 1.165) is 25.4 Å². The van der Waals surface area contributed by atoms with Crippen LogP contribution in [-0.4, -0.2) is 46.3 Å². The summed E-state index contributed by atoms with van der Waals surface area (Å²) in [6.45, 7) is 1.69. The minimum Gasteiger partial charge on any atom is -0.393 e. The lowest BCUT2D eigenvalue weighted by atomic mass is 9.96. The Morgan fingerprint density at radius 1 is 1.33 bits per heavy atom. The highest BCUT2D eigenvalue weighted by atomic mass is 32.1. The topological polar surface area (TPSA) is 43.7 Å². The van der Waals surface area contributed by atoms with Gasteiger partial charge in [-0.3, -0.25) is 4.90 Å². The molecule has 1 aliphatic heterocycles. The predicted molar refractivity (Wildman–Crippen MR) is 51.3 cm³/mol. The van der Waals surface area contributed by atoms with Crippen molar-refractivity contribution in [1.29, 1.82) is 0 Å². The highest BCUT2D eigenvalue weighted by Crippen LogP contribution is 2.21. The number of aliphatic hydroxyl groups is 2. The first kappa shape index (κ1) is 10.3. The smallest absolute Gasteiger partial charge is 0.0890 e. The van der Waals surface area contributed by atoms with Crippen LogP contribution in [0.5, 0.6) is 0 Å². The van der Waals surface area contributed by atoms with Crippen LogP contribution in [0.4, 0.5) is 0 Å². The first-order chi connectivity index (χ1) is 5.70. The Labute approximate surface area is 78.8 Å². The van der Waals surface area contributed by atoms with Crippen molar-refractivity contribution < 1.29 is 10.2 Å². The Kier molecular flexibility index (Phi) is 3.83. The number of thiol groups is 1. The van der Waals surface area contributed by atoms with Gasteiger partial charge in [-0.25, -0.2) is 0 Å². The van der Waals surface area contributed by atoms with Crippen LogP contribution < -0.4 is 0 Å². The zero-order chi connectivity index (χ0) is 9.03. The van der Waals surface area contributed by atoms with Gasteiger partial charge in [0, 0.05) is 12.4 Å². The highest BCUT2D eigenvalue weighted by Gasteiger charge is 2.28. The number of hydrogen-bond donors (Lipinski definition) is 3. The summed E-state index contributed by atoms with van der Waals surface area (Å²) in [5, 5.41) is 18.7. The van der Waals surface area contributed by atoms with E-state index in [4.69, 9.17) is 5.11 Å². The van der Waals surface area contributed by atoms with Crippen molar-refractivity contribution >= 4 is 12.6 Å². The molecule has 2 N–H and O–H groups in total. The zero-order valence-corrected chi connectivity index (χ0v) is 8.13. The molecule has 72 valence electrons. The van der Waals surface area contributed by atoms with Gasteiger partial charge in [0.1, 0.15) is 0 Å². The van der Waals surface area contributed by atoms with Crippen molar-refractivity contribution in [1.82, 2.24) is 4.90 Å². The first-order valence-corrected chi connectivity index (χ1v) is 5.00. The molecule has 3 nitrogen and oxygen atoms in total. The van der Waals surface area contributed by atoms with Crippen molar-refractivity contribution in [2.75, 3.05) is 25.6 Å². The van der Waals surface area contributed by atoms with E-state index < -0.39 is 5.60 Å². The molecule has 0 bridgehead atoms. The van der Waals surface area contributed by atoms with Crippen LogP contribution in [0.2, 0.25) is 0 Å². The van der Waals surface area contributed by atoms with Gasteiger partial charge in [-0.05, 0) is 25.8 Å². The van der Waals surface area contributed by atoms with E-state index in [1.807, 2.05) is 0 Å². The summed E-state index contributed by atoms with van der Waals surface area (Å²) in [4.78, 5) is 2.18. The highest BCUT2D eigenvalue weighted by molar-refractivity contribution is 7.80. The van der Waals surface area contributed by atoms with E-state index in [9.17, 15) is 5.11 Å². The molecule has 1 saturated heterocycles. The molecule has 4 heteroatoms. The zero-order valence-electron chi connectivity index (χ0n) is 7.24. The SMILES string of the molecule is OCC1(O)CCCN(CS)CC1. The third kappa shape index (κ3) is 2.62. The van der Waals surface area contributed by atoms with Gasteiger partial charge < -0.3 is 10.2 Å². The third-order valence-corrected chi connectivity index (χ3v) is 2.90. The van der Waals surface area contributed by atoms with Crippen LogP contribution >= 0.6 is 12.6 Å². The lowest BCUT2D eigenvalue weighted by Gasteiger charge is -2.23. The monoisotopic (exact) mass is 191 g/mol. The van der Waals surface area contributed by atoms with E-state index in [-0.39, 0.29) is 6.61 Å². The number of rotatable bonds is 2. The summed E-state index contributed by atoms with van der Waals surface area (Å²) >= 11 is 4.18. The summed E-state index contributed by atoms with van der Waals surface area (Å²) in [5.74, 6) is 0.738. The molecule has 0 radical (unpaired) electrons. The molecule has 0 amide bonds. The average Bonchev–Trinajstić information content (AvgIpc) is 2.28. The van der Waals surface area contributed by atoms with Gasteiger partial charge in [0.05, 0.1) is 12.2 Å². The second kappa shape index (κ2) is 4.46. The van der Waals surface area contributed by atoms with Gasteiger partial charge in [-0.15, -0.1) is 0 Å². The third-order valence-electron chi connectivity index (χ3n) is 2.50. The van der Waals surface area contributed by atoms with Gasteiger partial charge >= 0.3 is 0 Å². The van der Waals surface area contributed by atoms with E-state index in [2.05, 4.69) is 17.5 Å². The van der Waals surface area contributed by atoms with Gasteiger partial charge in [-0.2, -0.15) is 12.6 Å². The summed E-state index contributed by atoms with van der Waals surface area (Å²) in [5.41, 5.74) is -0.836. The van der Waals surface area contributed by atoms with Crippen LogP contribution in [0.3, 0.4) is 0 Å². The summed E-state index contributed by atoms with van der Waals surface area (Å²) in [6, 6.07) is 0. The standard InChI is InChI=1S/C8H17NO2S/c10-6-8(11)2-1-4-9(7-12)5-3-8/h10-12H,1-7H2. The first-order valence-electron chi connectivity index (χ1n) is 4.37. The quantitative estimate of drug-likeness (QED) is 0.542. The van der Waals surface area contributed by atoms with E-state index in [0.29, 0.717) is 12.8 Å². The minimum absolute atomic E-state index is 0.118. The maximum atomic E-state index is 9.77. The fraction of sp³-hybridized carbons (Fsp3) is 1.00. The van der Waals surface area contributed by atoms with Crippen molar-refractivity contribution in [3.63, 3.8) is 0 Å². The van der Waals surface area contributed by atoms with Crippen LogP contribution in [0.25, 0.3) is 0 Å². The van der Waals surface area contributed by atoms with Crippen molar-refractivity contribution in [3.8, 4) is 0 Å². The molecular formula is C8H17NO2S. The molecule has 0 aromatic heterocycles. The molecule has 0 aromatic carbocycles. The van der Waals surface area contributed by atoms with Crippen LogP contribution in [-0.2, 0) is 0 Å². The molecule has 12 heavy (non-hydrogen) atoms. The summed E-state index contributed by atoms with van der Waals surface area (Å²) < 4.78 is 0. The summed E-state index contributed by atoms with van der Waals surface area (Å²) in [7, 11) is 0. The fourth-order valence-electron chi connectivity index (χ4n) is 1.53. The maximum Gasteiger partial charge on any atom is 0.0890 e. The second-order valence-electron chi connectivity index (χ2n) is 3.50. The van der Waals surface area contributed by atoms with E-state index in [1.54, 1.807) is 0 Å². The van der Waals surface area contributed by atoms with E-state index in [1.165, 1.54) is 0 Å². The number of nitrogens with zero attached hydrogens (tertiary/aromatic N) is 1. The Morgan fingerprint density at radius 3 is 2.67 bits per heavy atom. The molecule has 0 aliphatic carbocycles. The molecule has 0 aromatic rings. The molecule has 0 spiro atoms. The molecular weight excluding hydrogens is 174 g/mol. The van der Waals surface area contributed by atoms with Gasteiger partial charge in [0.25, 0.3) is 0 Å². The maximum absolute atomic E-state index is 9.77. The van der Waals surface area contributed by atoms with Gasteiger partial charge in [-0.1, -0.05) is 0 Å². The Hall–Kier alpha value is 0.230. The molecule has 1 aliphatic rings. The number of aliphatic hydroxyl groups excluding tert-OH is 1. The number of likely N-dealkylation sites (tertiary alicyclic amines) is 1. The van der Waals surface area contributed by atoms with Gasteiger partial charge in [0.15, 0.2) is 0 Å². The van der Waals surface area contributed by atoms with Crippen LogP contribution in [0.15, 0.2) is 0 Å². The lowest BCUT2D eigenvalue weighted by molar-refractivity contribution is -0.0251. The normalized spacial score (nSPS) is 33.2. The fourth-order valence-corrected chi connectivity index (χ4v) is 1.82. The molecule has 1 fully saturated rings. The Balaban J connectivity index is 2.44. The number of hydrogen-bond acceptors (Lipinski definition) is 4. The molecule has 1 heterocycles. The van der Waals surface area contributed by atoms with Crippen molar-refractivity contribution in [2.45, 2.75) is 24.9 Å². The Morgan fingerprint density at radius 2 is 2.08 bits per heavy atom. The molecule has 0 saturated carbocycles. The average molecular weight is 191 g/mol. The van der Waals surface area contributed by atoms with Crippen molar-refractivity contribution in [3.05, 3.63) is 0 Å². The minimum atomic E-state index is -0.836. The molecule has 1 rings (SSSR count). The lowest BCUT2D eigenvalue weighted by Crippen LogP contribution is -2.34. The molecule has 1 unspecified atom stereocenters. The van der Waals surface area contributed by atoms with Gasteiger partial charge in [0.2, 0.25) is 0 Å². The van der Waals surface area contributed by atoms with Crippen LogP contribution in [0, 0.1) is 0 Å². The Bertz CT molecular complexity index is 145. The predicted octanol–water partition coefficient (Wildman–Crippen LogP) is 0.0830. The largest absolute Gasteiger partial charge is 0.393 e. The van der Waals surface area contributed by atoms with Crippen molar-refractivity contribution in [2.24, 2.45) is 0 Å². The van der Waals surface area contributed by atoms with Crippen LogP contribution in [0.1, 0.15) is 19.3 Å². The molecule has 1 atom stereocenters. The second-order valence-corrected chi connectivity index (χ2v) is 3.78. The van der Waals surface area contributed by atoms with E-state index >= 15 is 0 Å². The summed E-state index contributed by atoms with van der Waals surface area (Å²) in [6.07, 6.45) is 2.30.